The number of rotatable bonds is 1. The molecule has 2 aliphatic heterocycles. The first kappa shape index (κ1) is 8.17. The Hall–Kier alpha value is -0.440. The molecule has 2 rings (SSSR count). The highest BCUT2D eigenvalue weighted by Gasteiger charge is 2.34. The zero-order valence-corrected chi connectivity index (χ0v) is 7.72. The second kappa shape index (κ2) is 3.13. The van der Waals surface area contributed by atoms with Gasteiger partial charge in [-0.1, -0.05) is 12.2 Å². The third kappa shape index (κ3) is 1.38. The topological polar surface area (TPSA) is 43.1 Å². The Bertz CT molecular complexity index is 227. The molecule has 0 aromatic heterocycles. The molecule has 2 heterocycles. The standard InChI is InChI=1S/C9H13NOS/c10-9(11)7-5-4-6-2-1-3-8(7)12-6/h1-2,6-8H,3-5H2,(H2,10,11)/t6-,7+,8+/m0/s1. The van der Waals surface area contributed by atoms with Crippen LogP contribution in [-0.2, 0) is 4.79 Å². The lowest BCUT2D eigenvalue weighted by Gasteiger charge is -2.35. The van der Waals surface area contributed by atoms with Gasteiger partial charge in [-0.05, 0) is 19.3 Å². The SMILES string of the molecule is NC(=O)[C@@H]1CC[C@@H]2C=CC[C@H]1S2. The largest absolute Gasteiger partial charge is 0.369 e. The number of hydrogen-bond donors (Lipinski definition) is 1. The Morgan fingerprint density at radius 1 is 1.50 bits per heavy atom. The lowest BCUT2D eigenvalue weighted by Crippen LogP contribution is -2.37. The van der Waals surface area contributed by atoms with E-state index in [1.54, 1.807) is 0 Å². The third-order valence-corrected chi connectivity index (χ3v) is 4.26. The van der Waals surface area contributed by atoms with E-state index in [2.05, 4.69) is 12.2 Å². The quantitative estimate of drug-likeness (QED) is 0.623. The van der Waals surface area contributed by atoms with Gasteiger partial charge in [-0.3, -0.25) is 4.79 Å². The van der Waals surface area contributed by atoms with Crippen LogP contribution in [0, 0.1) is 5.92 Å². The maximum atomic E-state index is 11.0. The number of hydrogen-bond acceptors (Lipinski definition) is 2. The van der Waals surface area contributed by atoms with Gasteiger partial charge in [0.25, 0.3) is 0 Å². The molecule has 1 saturated heterocycles. The first-order valence-electron chi connectivity index (χ1n) is 4.39. The fourth-order valence-corrected chi connectivity index (χ4v) is 3.57. The van der Waals surface area contributed by atoms with Crippen LogP contribution in [0.2, 0.25) is 0 Å². The average Bonchev–Trinajstić information content (AvgIpc) is 2.04. The summed E-state index contributed by atoms with van der Waals surface area (Å²) >= 11 is 1.92. The number of carbonyl (C=O) groups excluding carboxylic acids is 1. The molecule has 2 N–H and O–H groups in total. The van der Waals surface area contributed by atoms with Crippen molar-refractivity contribution in [3.8, 4) is 0 Å². The maximum absolute atomic E-state index is 11.0. The highest BCUT2D eigenvalue weighted by molar-refractivity contribution is 8.00. The molecule has 2 bridgehead atoms. The Labute approximate surface area is 76.6 Å². The van der Waals surface area contributed by atoms with Crippen molar-refractivity contribution in [3.63, 3.8) is 0 Å². The van der Waals surface area contributed by atoms with E-state index in [0.29, 0.717) is 10.5 Å². The molecular weight excluding hydrogens is 170 g/mol. The maximum Gasteiger partial charge on any atom is 0.221 e. The van der Waals surface area contributed by atoms with Crippen molar-refractivity contribution in [3.05, 3.63) is 12.2 Å². The van der Waals surface area contributed by atoms with Crippen molar-refractivity contribution in [1.29, 1.82) is 0 Å². The predicted octanol–water partition coefficient (Wildman–Crippen LogP) is 1.31. The molecule has 12 heavy (non-hydrogen) atoms. The third-order valence-electron chi connectivity index (χ3n) is 2.65. The van der Waals surface area contributed by atoms with Crippen molar-refractivity contribution >= 4 is 17.7 Å². The van der Waals surface area contributed by atoms with Gasteiger partial charge < -0.3 is 5.73 Å². The van der Waals surface area contributed by atoms with Crippen LogP contribution in [0.4, 0.5) is 0 Å². The number of allylic oxidation sites excluding steroid dienone is 1. The number of fused-ring (bicyclic) bond motifs is 2. The molecule has 0 aromatic carbocycles. The molecule has 1 amide bonds. The summed E-state index contributed by atoms with van der Waals surface area (Å²) in [5, 5.41) is 1.12. The van der Waals surface area contributed by atoms with Crippen LogP contribution in [0.3, 0.4) is 0 Å². The Morgan fingerprint density at radius 2 is 2.33 bits per heavy atom. The van der Waals surface area contributed by atoms with E-state index in [-0.39, 0.29) is 11.8 Å². The van der Waals surface area contributed by atoms with Crippen LogP contribution in [0.5, 0.6) is 0 Å². The minimum Gasteiger partial charge on any atom is -0.369 e. The number of carbonyl (C=O) groups is 1. The van der Waals surface area contributed by atoms with Crippen LogP contribution in [0.1, 0.15) is 19.3 Å². The molecule has 3 atom stereocenters. The van der Waals surface area contributed by atoms with E-state index >= 15 is 0 Å². The van der Waals surface area contributed by atoms with Gasteiger partial charge in [0.1, 0.15) is 0 Å². The minimum absolute atomic E-state index is 0.110. The van der Waals surface area contributed by atoms with Gasteiger partial charge in [-0.2, -0.15) is 0 Å². The summed E-state index contributed by atoms with van der Waals surface area (Å²) in [6.45, 7) is 0. The van der Waals surface area contributed by atoms with Crippen molar-refractivity contribution < 1.29 is 4.79 Å². The van der Waals surface area contributed by atoms with E-state index in [0.717, 1.165) is 19.3 Å². The smallest absolute Gasteiger partial charge is 0.221 e. The number of primary amides is 1. The molecule has 2 nitrogen and oxygen atoms in total. The van der Waals surface area contributed by atoms with E-state index in [1.807, 2.05) is 11.8 Å². The van der Waals surface area contributed by atoms with E-state index in [9.17, 15) is 4.79 Å². The Kier molecular flexibility index (Phi) is 2.13. The molecule has 0 aromatic rings. The second-order valence-corrected chi connectivity index (χ2v) is 4.95. The molecule has 0 spiro atoms. The average molecular weight is 183 g/mol. The summed E-state index contributed by atoms with van der Waals surface area (Å²) in [7, 11) is 0. The minimum atomic E-state index is -0.110. The number of amides is 1. The zero-order chi connectivity index (χ0) is 8.55. The molecule has 2 aliphatic rings. The number of nitrogens with two attached hydrogens (primary N) is 1. The van der Waals surface area contributed by atoms with Crippen LogP contribution in [0.25, 0.3) is 0 Å². The summed E-state index contributed by atoms with van der Waals surface area (Å²) in [6.07, 6.45) is 7.58. The van der Waals surface area contributed by atoms with Crippen LogP contribution in [-0.4, -0.2) is 16.4 Å². The number of thioether (sulfide) groups is 1. The Morgan fingerprint density at radius 3 is 3.08 bits per heavy atom. The molecule has 0 saturated carbocycles. The molecule has 0 radical (unpaired) electrons. The molecule has 3 heteroatoms. The zero-order valence-electron chi connectivity index (χ0n) is 6.90. The van der Waals surface area contributed by atoms with Crippen LogP contribution >= 0.6 is 11.8 Å². The van der Waals surface area contributed by atoms with Crippen molar-refractivity contribution in [2.24, 2.45) is 11.7 Å². The van der Waals surface area contributed by atoms with E-state index in [4.69, 9.17) is 5.73 Å². The van der Waals surface area contributed by atoms with Crippen molar-refractivity contribution in [2.45, 2.75) is 29.8 Å². The van der Waals surface area contributed by atoms with Gasteiger partial charge in [0, 0.05) is 16.4 Å². The van der Waals surface area contributed by atoms with E-state index < -0.39 is 0 Å². The predicted molar refractivity (Wildman–Crippen MR) is 50.8 cm³/mol. The molecule has 1 fully saturated rings. The van der Waals surface area contributed by atoms with Crippen molar-refractivity contribution in [2.75, 3.05) is 0 Å². The fourth-order valence-electron chi connectivity index (χ4n) is 1.97. The second-order valence-electron chi connectivity index (χ2n) is 3.46. The summed E-state index contributed by atoms with van der Waals surface area (Å²) in [5.41, 5.74) is 5.33. The van der Waals surface area contributed by atoms with Gasteiger partial charge >= 0.3 is 0 Å². The first-order chi connectivity index (χ1) is 5.77. The summed E-state index contributed by atoms with van der Waals surface area (Å²) in [5.74, 6) is 0.0115. The highest BCUT2D eigenvalue weighted by Crippen LogP contribution is 2.41. The Balaban J connectivity index is 2.11. The molecule has 66 valence electrons. The van der Waals surface area contributed by atoms with Crippen molar-refractivity contribution in [1.82, 2.24) is 0 Å². The van der Waals surface area contributed by atoms with Gasteiger partial charge in [0.05, 0.1) is 0 Å². The lowest BCUT2D eigenvalue weighted by molar-refractivity contribution is -0.122. The highest BCUT2D eigenvalue weighted by atomic mass is 32.2. The van der Waals surface area contributed by atoms with Gasteiger partial charge in [-0.25, -0.2) is 0 Å². The van der Waals surface area contributed by atoms with Gasteiger partial charge in [0.15, 0.2) is 0 Å². The summed E-state index contributed by atoms with van der Waals surface area (Å²) in [4.78, 5) is 11.0. The summed E-state index contributed by atoms with van der Waals surface area (Å²) < 4.78 is 0. The molecular formula is C9H13NOS. The first-order valence-corrected chi connectivity index (χ1v) is 5.33. The molecule has 0 aliphatic carbocycles. The van der Waals surface area contributed by atoms with Gasteiger partial charge in [-0.15, -0.1) is 11.8 Å². The van der Waals surface area contributed by atoms with E-state index in [1.165, 1.54) is 0 Å². The summed E-state index contributed by atoms with van der Waals surface area (Å²) in [6, 6.07) is 0. The normalized spacial score (nSPS) is 39.5. The van der Waals surface area contributed by atoms with Crippen LogP contribution < -0.4 is 5.73 Å². The lowest BCUT2D eigenvalue weighted by atomic mass is 9.92. The van der Waals surface area contributed by atoms with Gasteiger partial charge in [0.2, 0.25) is 5.91 Å². The monoisotopic (exact) mass is 183 g/mol. The fraction of sp³-hybridized carbons (Fsp3) is 0.667. The van der Waals surface area contributed by atoms with Crippen LogP contribution in [0.15, 0.2) is 12.2 Å². The molecule has 0 unspecified atom stereocenters.